The maximum Gasteiger partial charge on any atom is 0.416 e. The Bertz CT molecular complexity index is 1220. The molecule has 0 amide bonds. The first-order chi connectivity index (χ1) is 16.7. The minimum Gasteiger partial charge on any atom is -0.373 e. The third-order valence-electron chi connectivity index (χ3n) is 6.25. The van der Waals surface area contributed by atoms with Gasteiger partial charge in [0.2, 0.25) is 0 Å². The lowest BCUT2D eigenvalue weighted by Gasteiger charge is -2.31. The molecule has 1 atom stereocenters. The zero-order valence-electron chi connectivity index (χ0n) is 19.7. The molecule has 0 aromatic heterocycles. The van der Waals surface area contributed by atoms with Crippen molar-refractivity contribution >= 4 is 0 Å². The summed E-state index contributed by atoms with van der Waals surface area (Å²) in [6.45, 7) is 1.52. The van der Waals surface area contributed by atoms with Gasteiger partial charge in [0.25, 0.3) is 0 Å². The van der Waals surface area contributed by atoms with Gasteiger partial charge in [-0.15, -0.1) is 0 Å². The molecular weight excluding hydrogens is 453 g/mol. The molecule has 3 aromatic rings. The Morgan fingerprint density at radius 1 is 1.03 bits per heavy atom. The number of alkyl halides is 3. The lowest BCUT2D eigenvalue weighted by atomic mass is 9.90. The van der Waals surface area contributed by atoms with E-state index in [0.29, 0.717) is 35.3 Å². The standard InChI is InChI=1S/C28H27F3N2O2/c1-33(2)12-11-27(26-6-4-3-5-23(26)18-35-27)19-34-17-21-13-24(15-25(14-21)28(29,30)31)22-9-7-20(16-32)8-10-22/h3-10,13-15H,11-12,17-19H2,1-2H3. The summed E-state index contributed by atoms with van der Waals surface area (Å²) in [7, 11) is 3.98. The molecule has 4 nitrogen and oxygen atoms in total. The van der Waals surface area contributed by atoms with Crippen molar-refractivity contribution in [3.63, 3.8) is 0 Å². The van der Waals surface area contributed by atoms with Crippen molar-refractivity contribution in [2.24, 2.45) is 0 Å². The minimum atomic E-state index is -4.49. The van der Waals surface area contributed by atoms with Crippen LogP contribution in [0.5, 0.6) is 0 Å². The second-order valence-electron chi connectivity index (χ2n) is 9.09. The molecule has 7 heteroatoms. The van der Waals surface area contributed by atoms with E-state index in [1.165, 1.54) is 0 Å². The van der Waals surface area contributed by atoms with Gasteiger partial charge in [0.15, 0.2) is 0 Å². The molecule has 0 radical (unpaired) electrons. The van der Waals surface area contributed by atoms with Gasteiger partial charge >= 0.3 is 6.18 Å². The fourth-order valence-corrected chi connectivity index (χ4v) is 4.36. The van der Waals surface area contributed by atoms with Crippen LogP contribution in [-0.4, -0.2) is 32.1 Å². The van der Waals surface area contributed by atoms with Crippen LogP contribution in [0.4, 0.5) is 13.2 Å². The molecule has 0 N–H and O–H groups in total. The second-order valence-corrected chi connectivity index (χ2v) is 9.09. The Hall–Kier alpha value is -3.18. The highest BCUT2D eigenvalue weighted by atomic mass is 19.4. The molecule has 1 heterocycles. The van der Waals surface area contributed by atoms with E-state index < -0.39 is 17.3 Å². The van der Waals surface area contributed by atoms with E-state index in [9.17, 15) is 13.2 Å². The largest absolute Gasteiger partial charge is 0.416 e. The quantitative estimate of drug-likeness (QED) is 0.389. The topological polar surface area (TPSA) is 45.5 Å². The van der Waals surface area contributed by atoms with E-state index in [4.69, 9.17) is 14.7 Å². The van der Waals surface area contributed by atoms with E-state index in [2.05, 4.69) is 4.90 Å². The number of hydrogen-bond acceptors (Lipinski definition) is 4. The highest BCUT2D eigenvalue weighted by molar-refractivity contribution is 5.66. The smallest absolute Gasteiger partial charge is 0.373 e. The van der Waals surface area contributed by atoms with Crippen molar-refractivity contribution in [2.45, 2.75) is 31.4 Å². The lowest BCUT2D eigenvalue weighted by molar-refractivity contribution is -0.137. The number of benzene rings is 3. The van der Waals surface area contributed by atoms with Crippen LogP contribution in [-0.2, 0) is 34.5 Å². The minimum absolute atomic E-state index is 0.0163. The molecule has 182 valence electrons. The fraction of sp³-hybridized carbons (Fsp3) is 0.321. The molecule has 1 aliphatic rings. The summed E-state index contributed by atoms with van der Waals surface area (Å²) >= 11 is 0. The van der Waals surface area contributed by atoms with Gasteiger partial charge < -0.3 is 14.4 Å². The Kier molecular flexibility index (Phi) is 7.27. The molecule has 0 bridgehead atoms. The Labute approximate surface area is 203 Å². The van der Waals surface area contributed by atoms with E-state index >= 15 is 0 Å². The molecule has 0 aliphatic carbocycles. The van der Waals surface area contributed by atoms with Crippen LogP contribution in [0.2, 0.25) is 0 Å². The average molecular weight is 481 g/mol. The van der Waals surface area contributed by atoms with Crippen molar-refractivity contribution in [1.82, 2.24) is 4.90 Å². The predicted octanol–water partition coefficient (Wildman–Crippen LogP) is 6.14. The molecule has 0 fully saturated rings. The van der Waals surface area contributed by atoms with Gasteiger partial charge in [-0.1, -0.05) is 36.4 Å². The van der Waals surface area contributed by atoms with E-state index in [-0.39, 0.29) is 13.2 Å². The van der Waals surface area contributed by atoms with Crippen LogP contribution in [0.1, 0.15) is 34.2 Å². The van der Waals surface area contributed by atoms with Crippen LogP contribution in [0.15, 0.2) is 66.7 Å². The molecule has 4 rings (SSSR count). The average Bonchev–Trinajstić information content (AvgIpc) is 3.21. The summed E-state index contributed by atoms with van der Waals surface area (Å²) in [4.78, 5) is 2.07. The third kappa shape index (κ3) is 5.73. The number of nitriles is 1. The molecule has 1 aliphatic heterocycles. The SMILES string of the molecule is CN(C)CCC1(COCc2cc(-c3ccc(C#N)cc3)cc(C(F)(F)F)c2)OCc2ccccc21. The van der Waals surface area contributed by atoms with E-state index in [0.717, 1.165) is 29.8 Å². The van der Waals surface area contributed by atoms with Crippen molar-refractivity contribution in [3.05, 3.63) is 94.5 Å². The zero-order valence-corrected chi connectivity index (χ0v) is 19.7. The van der Waals surface area contributed by atoms with Gasteiger partial charge in [0.05, 0.1) is 37.0 Å². The second kappa shape index (κ2) is 10.2. The van der Waals surface area contributed by atoms with Crippen molar-refractivity contribution in [1.29, 1.82) is 5.26 Å². The van der Waals surface area contributed by atoms with Crippen LogP contribution in [0, 0.1) is 11.3 Å². The number of fused-ring (bicyclic) bond motifs is 1. The van der Waals surface area contributed by atoms with E-state index in [1.807, 2.05) is 44.4 Å². The van der Waals surface area contributed by atoms with Crippen LogP contribution in [0.3, 0.4) is 0 Å². The molecule has 0 saturated carbocycles. The molecule has 35 heavy (non-hydrogen) atoms. The Balaban J connectivity index is 1.58. The first-order valence-electron chi connectivity index (χ1n) is 11.4. The Morgan fingerprint density at radius 2 is 1.77 bits per heavy atom. The lowest BCUT2D eigenvalue weighted by Crippen LogP contribution is -2.35. The maximum absolute atomic E-state index is 13.6. The number of halogens is 3. The number of hydrogen-bond donors (Lipinski definition) is 0. The van der Waals surface area contributed by atoms with Crippen molar-refractivity contribution < 1.29 is 22.6 Å². The number of rotatable bonds is 8. The maximum atomic E-state index is 13.6. The summed E-state index contributed by atoms with van der Waals surface area (Å²) in [6.07, 6.45) is -3.78. The third-order valence-corrected chi connectivity index (χ3v) is 6.25. The first kappa shape index (κ1) is 24.9. The normalized spacial score (nSPS) is 17.4. The van der Waals surface area contributed by atoms with Gasteiger partial charge in [0.1, 0.15) is 5.60 Å². The number of nitrogens with zero attached hydrogens (tertiary/aromatic N) is 2. The Morgan fingerprint density at radius 3 is 2.46 bits per heavy atom. The summed E-state index contributed by atoms with van der Waals surface area (Å²) in [5, 5.41) is 9.00. The van der Waals surface area contributed by atoms with Crippen LogP contribution < -0.4 is 0 Å². The summed E-state index contributed by atoms with van der Waals surface area (Å²) in [5.41, 5.74) is 2.71. The molecular formula is C28H27F3N2O2. The van der Waals surface area contributed by atoms with Gasteiger partial charge in [-0.2, -0.15) is 18.4 Å². The summed E-state index contributed by atoms with van der Waals surface area (Å²) in [5.74, 6) is 0. The molecule has 1 unspecified atom stereocenters. The van der Waals surface area contributed by atoms with Gasteiger partial charge in [-0.05, 0) is 78.7 Å². The van der Waals surface area contributed by atoms with Crippen LogP contribution >= 0.6 is 0 Å². The van der Waals surface area contributed by atoms with Gasteiger partial charge in [-0.3, -0.25) is 0 Å². The van der Waals surface area contributed by atoms with Gasteiger partial charge in [0, 0.05) is 6.54 Å². The van der Waals surface area contributed by atoms with Crippen LogP contribution in [0.25, 0.3) is 11.1 Å². The fourth-order valence-electron chi connectivity index (χ4n) is 4.36. The van der Waals surface area contributed by atoms with Crippen molar-refractivity contribution in [2.75, 3.05) is 27.2 Å². The van der Waals surface area contributed by atoms with Gasteiger partial charge in [-0.25, -0.2) is 0 Å². The molecule has 3 aromatic carbocycles. The molecule has 0 spiro atoms. The summed E-state index contributed by atoms with van der Waals surface area (Å²) < 4.78 is 53.2. The monoisotopic (exact) mass is 480 g/mol. The zero-order chi connectivity index (χ0) is 25.1. The highest BCUT2D eigenvalue weighted by Gasteiger charge is 2.40. The highest BCUT2D eigenvalue weighted by Crippen LogP contribution is 2.40. The van der Waals surface area contributed by atoms with Crippen molar-refractivity contribution in [3.8, 4) is 17.2 Å². The van der Waals surface area contributed by atoms with E-state index in [1.54, 1.807) is 30.3 Å². The molecule has 0 saturated heterocycles. The summed E-state index contributed by atoms with van der Waals surface area (Å²) in [6, 6.07) is 20.5. The number of ether oxygens (including phenoxy) is 2. The first-order valence-corrected chi connectivity index (χ1v) is 11.4. The predicted molar refractivity (Wildman–Crippen MR) is 127 cm³/mol.